The van der Waals surface area contributed by atoms with Crippen molar-refractivity contribution in [3.05, 3.63) is 23.8 Å². The van der Waals surface area contributed by atoms with E-state index in [-0.39, 0.29) is 0 Å². The van der Waals surface area contributed by atoms with Crippen LogP contribution in [0.2, 0.25) is 0 Å². The van der Waals surface area contributed by atoms with Crippen LogP contribution in [0.4, 0.5) is 11.4 Å². The summed E-state index contributed by atoms with van der Waals surface area (Å²) in [6, 6.07) is 5.78. The molecule has 0 aliphatic carbocycles. The third-order valence-corrected chi connectivity index (χ3v) is 1.47. The molecule has 0 amide bonds. The van der Waals surface area contributed by atoms with Gasteiger partial charge in [0.15, 0.2) is 0 Å². The quantitative estimate of drug-likeness (QED) is 0.626. The predicted molar refractivity (Wildman–Crippen MR) is 72.3 cm³/mol. The summed E-state index contributed by atoms with van der Waals surface area (Å²) in [5.41, 5.74) is 2.73. The van der Waals surface area contributed by atoms with Crippen LogP contribution in [0.5, 0.6) is 0 Å². The summed E-state index contributed by atoms with van der Waals surface area (Å²) < 4.78 is 0. The van der Waals surface area contributed by atoms with Gasteiger partial charge in [-0.2, -0.15) is 0 Å². The molecule has 0 bridgehead atoms. The van der Waals surface area contributed by atoms with E-state index >= 15 is 0 Å². The highest BCUT2D eigenvalue weighted by Crippen LogP contribution is 2.27. The highest BCUT2D eigenvalue weighted by atomic mass is 14.8. The smallest absolute Gasteiger partial charge is 0.0881 e. The van der Waals surface area contributed by atoms with Gasteiger partial charge in [0.05, 0.1) is 11.4 Å². The fraction of sp³-hybridized carbons (Fsp3) is 0.385. The summed E-state index contributed by atoms with van der Waals surface area (Å²) in [5, 5.41) is 0. The summed E-state index contributed by atoms with van der Waals surface area (Å²) >= 11 is 0. The van der Waals surface area contributed by atoms with Crippen molar-refractivity contribution < 1.29 is 0 Å². The lowest BCUT2D eigenvalue weighted by molar-refractivity contribution is 1.41. The Hall–Kier alpha value is -1.44. The monoisotopic (exact) mass is 206 g/mol. The standard InChI is InChI=1S/C9H10N2.2C2H6/c1-7-4-5-8(10-2)9(6-7)11-3;2*1-2/h4-6H,2-3H2,1H3;2*1-2H3. The lowest BCUT2D eigenvalue weighted by Crippen LogP contribution is -1.71. The zero-order chi connectivity index (χ0) is 12.3. The summed E-state index contributed by atoms with van der Waals surface area (Å²) in [7, 11) is 0. The Kier molecular flexibility index (Phi) is 11.4. The molecule has 0 radical (unpaired) electrons. The lowest BCUT2D eigenvalue weighted by Gasteiger charge is -1.99. The van der Waals surface area contributed by atoms with Crippen LogP contribution in [-0.2, 0) is 0 Å². The van der Waals surface area contributed by atoms with Crippen LogP contribution >= 0.6 is 0 Å². The minimum Gasteiger partial charge on any atom is -0.262 e. The first kappa shape index (κ1) is 16.0. The molecule has 0 atom stereocenters. The Bertz CT molecular complexity index is 291. The molecule has 1 rings (SSSR count). The molecule has 0 saturated carbocycles. The molecule has 1 aromatic carbocycles. The van der Waals surface area contributed by atoms with Crippen LogP contribution in [0.15, 0.2) is 28.2 Å². The molecule has 0 N–H and O–H groups in total. The van der Waals surface area contributed by atoms with E-state index in [1.54, 1.807) is 0 Å². The van der Waals surface area contributed by atoms with Gasteiger partial charge < -0.3 is 0 Å². The van der Waals surface area contributed by atoms with E-state index in [2.05, 4.69) is 23.4 Å². The topological polar surface area (TPSA) is 24.7 Å². The molecule has 0 saturated heterocycles. The largest absolute Gasteiger partial charge is 0.262 e. The Morgan fingerprint density at radius 2 is 1.33 bits per heavy atom. The molecule has 0 aromatic heterocycles. The zero-order valence-corrected chi connectivity index (χ0v) is 10.5. The van der Waals surface area contributed by atoms with E-state index in [9.17, 15) is 0 Å². The van der Waals surface area contributed by atoms with Crippen LogP contribution in [0.1, 0.15) is 33.3 Å². The molecular weight excluding hydrogens is 184 g/mol. The SMILES string of the molecule is C=Nc1ccc(C)cc1N=C.CC.CC. The number of benzene rings is 1. The Balaban J connectivity index is 0. The summed E-state index contributed by atoms with van der Waals surface area (Å²) in [6.45, 7) is 16.9. The molecule has 2 nitrogen and oxygen atoms in total. The van der Waals surface area contributed by atoms with Gasteiger partial charge in [-0.05, 0) is 38.1 Å². The van der Waals surface area contributed by atoms with Gasteiger partial charge in [-0.15, -0.1) is 0 Å². The maximum absolute atomic E-state index is 3.82. The molecule has 0 unspecified atom stereocenters. The van der Waals surface area contributed by atoms with E-state index in [0.717, 1.165) is 16.9 Å². The third-order valence-electron chi connectivity index (χ3n) is 1.47. The first-order chi connectivity index (χ1) is 7.27. The maximum atomic E-state index is 3.82. The van der Waals surface area contributed by atoms with Crippen LogP contribution in [-0.4, -0.2) is 13.4 Å². The first-order valence-electron chi connectivity index (χ1n) is 5.32. The molecule has 0 aliphatic rings. The van der Waals surface area contributed by atoms with Crippen LogP contribution in [0.3, 0.4) is 0 Å². The Labute approximate surface area is 93.8 Å². The van der Waals surface area contributed by atoms with Crippen LogP contribution in [0.25, 0.3) is 0 Å². The van der Waals surface area contributed by atoms with Gasteiger partial charge in [0.2, 0.25) is 0 Å². The number of aliphatic imine (C=N–C) groups is 2. The van der Waals surface area contributed by atoms with Gasteiger partial charge in [0.25, 0.3) is 0 Å². The van der Waals surface area contributed by atoms with Crippen molar-refractivity contribution in [1.82, 2.24) is 0 Å². The average Bonchev–Trinajstić information content (AvgIpc) is 2.34. The van der Waals surface area contributed by atoms with E-state index < -0.39 is 0 Å². The Morgan fingerprint density at radius 1 is 0.867 bits per heavy atom. The molecule has 2 heteroatoms. The summed E-state index contributed by atoms with van der Waals surface area (Å²) in [4.78, 5) is 7.62. The Morgan fingerprint density at radius 3 is 1.73 bits per heavy atom. The minimum absolute atomic E-state index is 0.783. The highest BCUT2D eigenvalue weighted by molar-refractivity contribution is 5.67. The van der Waals surface area contributed by atoms with Crippen molar-refractivity contribution in [1.29, 1.82) is 0 Å². The van der Waals surface area contributed by atoms with E-state index in [0.29, 0.717) is 0 Å². The van der Waals surface area contributed by atoms with Gasteiger partial charge in [-0.1, -0.05) is 33.8 Å². The fourth-order valence-electron chi connectivity index (χ4n) is 0.894. The number of hydrogen-bond acceptors (Lipinski definition) is 2. The minimum atomic E-state index is 0.783. The number of hydrogen-bond donors (Lipinski definition) is 0. The fourth-order valence-corrected chi connectivity index (χ4v) is 0.894. The van der Waals surface area contributed by atoms with Crippen molar-refractivity contribution in [3.63, 3.8) is 0 Å². The molecule has 0 aliphatic heterocycles. The van der Waals surface area contributed by atoms with E-state index in [1.807, 2.05) is 52.8 Å². The van der Waals surface area contributed by atoms with Crippen molar-refractivity contribution in [3.8, 4) is 0 Å². The van der Waals surface area contributed by atoms with Gasteiger partial charge in [0.1, 0.15) is 0 Å². The van der Waals surface area contributed by atoms with E-state index in [1.165, 1.54) is 0 Å². The molecule has 0 fully saturated rings. The summed E-state index contributed by atoms with van der Waals surface area (Å²) in [5.74, 6) is 0. The second-order valence-electron chi connectivity index (χ2n) is 2.31. The van der Waals surface area contributed by atoms with Crippen molar-refractivity contribution in [2.75, 3.05) is 0 Å². The van der Waals surface area contributed by atoms with Crippen molar-refractivity contribution in [2.45, 2.75) is 34.6 Å². The van der Waals surface area contributed by atoms with Crippen LogP contribution < -0.4 is 0 Å². The number of aryl methyl sites for hydroxylation is 1. The van der Waals surface area contributed by atoms with Gasteiger partial charge in [-0.25, -0.2) is 0 Å². The molecule has 0 spiro atoms. The normalized spacial score (nSPS) is 7.53. The predicted octanol–water partition coefficient (Wildman–Crippen LogP) is 4.71. The molecular formula is C13H22N2. The highest BCUT2D eigenvalue weighted by Gasteiger charge is 1.96. The lowest BCUT2D eigenvalue weighted by atomic mass is 10.2. The second-order valence-corrected chi connectivity index (χ2v) is 2.31. The van der Waals surface area contributed by atoms with Gasteiger partial charge in [0, 0.05) is 0 Å². The second kappa shape index (κ2) is 10.6. The average molecular weight is 206 g/mol. The van der Waals surface area contributed by atoms with Crippen molar-refractivity contribution in [2.24, 2.45) is 9.98 Å². The maximum Gasteiger partial charge on any atom is 0.0881 e. The number of rotatable bonds is 2. The summed E-state index contributed by atoms with van der Waals surface area (Å²) in [6.07, 6.45) is 0. The molecule has 84 valence electrons. The number of nitrogens with zero attached hydrogens (tertiary/aromatic N) is 2. The first-order valence-corrected chi connectivity index (χ1v) is 5.32. The molecule has 1 aromatic rings. The van der Waals surface area contributed by atoms with Crippen LogP contribution in [0, 0.1) is 6.92 Å². The van der Waals surface area contributed by atoms with E-state index in [4.69, 9.17) is 0 Å². The molecule has 15 heavy (non-hydrogen) atoms. The molecule has 0 heterocycles. The zero-order valence-electron chi connectivity index (χ0n) is 10.5. The van der Waals surface area contributed by atoms with Gasteiger partial charge in [-0.3, -0.25) is 9.98 Å². The van der Waals surface area contributed by atoms with Gasteiger partial charge >= 0.3 is 0 Å². The van der Waals surface area contributed by atoms with Crippen molar-refractivity contribution >= 4 is 24.8 Å². The third kappa shape index (κ3) is 5.78.